The van der Waals surface area contributed by atoms with Gasteiger partial charge in [-0.15, -0.1) is 0 Å². The van der Waals surface area contributed by atoms with Crippen LogP contribution in [0.4, 0.5) is 0 Å². The van der Waals surface area contributed by atoms with Gasteiger partial charge in [-0.3, -0.25) is 0 Å². The zero-order chi connectivity index (χ0) is 13.4. The van der Waals surface area contributed by atoms with Gasteiger partial charge in [0.05, 0.1) is 6.07 Å². The number of aliphatic carboxylic acids is 1. The van der Waals surface area contributed by atoms with Gasteiger partial charge >= 0.3 is 5.97 Å². The molecule has 0 bridgehead atoms. The van der Waals surface area contributed by atoms with Crippen LogP contribution in [0.15, 0.2) is 23.8 Å². The van der Waals surface area contributed by atoms with Gasteiger partial charge < -0.3 is 5.11 Å². The van der Waals surface area contributed by atoms with E-state index in [9.17, 15) is 9.90 Å². The summed E-state index contributed by atoms with van der Waals surface area (Å²) in [5, 5.41) is 18.1. The molecule has 1 aliphatic rings. The number of allylic oxidation sites excluding steroid dienone is 3. The van der Waals surface area contributed by atoms with Crippen LogP contribution in [-0.4, -0.2) is 11.1 Å². The lowest BCUT2D eigenvalue weighted by Gasteiger charge is -2.25. The first kappa shape index (κ1) is 14.5. The van der Waals surface area contributed by atoms with Crippen LogP contribution in [0.2, 0.25) is 0 Å². The Labute approximate surface area is 109 Å². The maximum absolute atomic E-state index is 11.2. The standard InChI is InChI=1S/C15H21NO2/c1-2-3-4-5-6-14(15(17)18)13-9-7-12(11-16)8-10-13/h4-6,12-13H,2-3,7-10H2,1H3,(H,17,18)/b5-4+,14-6+. The van der Waals surface area contributed by atoms with E-state index >= 15 is 0 Å². The van der Waals surface area contributed by atoms with Crippen LogP contribution in [-0.2, 0) is 4.79 Å². The van der Waals surface area contributed by atoms with Crippen molar-refractivity contribution in [2.75, 3.05) is 0 Å². The molecule has 0 saturated heterocycles. The first-order valence-electron chi connectivity index (χ1n) is 6.68. The van der Waals surface area contributed by atoms with Crippen LogP contribution >= 0.6 is 0 Å². The molecule has 0 radical (unpaired) electrons. The lowest BCUT2D eigenvalue weighted by Crippen LogP contribution is -2.19. The molecule has 3 nitrogen and oxygen atoms in total. The molecule has 98 valence electrons. The molecule has 1 saturated carbocycles. The Kier molecular flexibility index (Phi) is 6.21. The van der Waals surface area contributed by atoms with Gasteiger partial charge in [0.2, 0.25) is 0 Å². The second-order valence-corrected chi connectivity index (χ2v) is 4.82. The minimum absolute atomic E-state index is 0.110. The number of carboxylic acid groups (broad SMARTS) is 1. The highest BCUT2D eigenvalue weighted by Gasteiger charge is 2.26. The van der Waals surface area contributed by atoms with Gasteiger partial charge in [-0.2, -0.15) is 5.26 Å². The van der Waals surface area contributed by atoms with E-state index in [0.29, 0.717) is 5.57 Å². The van der Waals surface area contributed by atoms with E-state index in [-0.39, 0.29) is 11.8 Å². The Morgan fingerprint density at radius 1 is 1.39 bits per heavy atom. The fourth-order valence-electron chi connectivity index (χ4n) is 2.35. The lowest BCUT2D eigenvalue weighted by molar-refractivity contribution is -0.133. The number of carboxylic acids is 1. The first-order valence-corrected chi connectivity index (χ1v) is 6.68. The highest BCUT2D eigenvalue weighted by Crippen LogP contribution is 2.33. The molecule has 0 aromatic rings. The summed E-state index contributed by atoms with van der Waals surface area (Å²) in [5.74, 6) is -0.595. The summed E-state index contributed by atoms with van der Waals surface area (Å²) in [6.07, 6.45) is 10.9. The second-order valence-electron chi connectivity index (χ2n) is 4.82. The third-order valence-electron chi connectivity index (χ3n) is 3.46. The van der Waals surface area contributed by atoms with E-state index in [1.54, 1.807) is 6.08 Å². The molecular formula is C15H21NO2. The van der Waals surface area contributed by atoms with Crippen molar-refractivity contribution in [1.82, 2.24) is 0 Å². The number of hydrogen-bond acceptors (Lipinski definition) is 2. The van der Waals surface area contributed by atoms with Crippen molar-refractivity contribution in [3.05, 3.63) is 23.8 Å². The van der Waals surface area contributed by atoms with Crippen molar-refractivity contribution in [3.8, 4) is 6.07 Å². The Bertz CT molecular complexity index is 368. The van der Waals surface area contributed by atoms with Crippen LogP contribution in [0, 0.1) is 23.2 Å². The quantitative estimate of drug-likeness (QED) is 0.595. The van der Waals surface area contributed by atoms with Crippen molar-refractivity contribution in [2.45, 2.75) is 45.4 Å². The third-order valence-corrected chi connectivity index (χ3v) is 3.46. The molecule has 0 aromatic carbocycles. The van der Waals surface area contributed by atoms with E-state index in [0.717, 1.165) is 38.5 Å². The average molecular weight is 247 g/mol. The van der Waals surface area contributed by atoms with Crippen LogP contribution in [0.1, 0.15) is 45.4 Å². The zero-order valence-electron chi connectivity index (χ0n) is 10.9. The predicted molar refractivity (Wildman–Crippen MR) is 70.8 cm³/mol. The summed E-state index contributed by atoms with van der Waals surface area (Å²) >= 11 is 0. The van der Waals surface area contributed by atoms with Crippen LogP contribution in [0.25, 0.3) is 0 Å². The normalized spacial score (nSPS) is 25.0. The number of nitriles is 1. The lowest BCUT2D eigenvalue weighted by atomic mass is 9.79. The highest BCUT2D eigenvalue weighted by atomic mass is 16.4. The molecule has 1 rings (SSSR count). The monoisotopic (exact) mass is 247 g/mol. The van der Waals surface area contributed by atoms with Crippen molar-refractivity contribution in [3.63, 3.8) is 0 Å². The largest absolute Gasteiger partial charge is 0.478 e. The average Bonchev–Trinajstić information content (AvgIpc) is 2.39. The Balaban J connectivity index is 2.63. The van der Waals surface area contributed by atoms with E-state index < -0.39 is 5.97 Å². The Hall–Kier alpha value is -1.56. The van der Waals surface area contributed by atoms with Gasteiger partial charge in [0.15, 0.2) is 0 Å². The van der Waals surface area contributed by atoms with Crippen molar-refractivity contribution in [1.29, 1.82) is 5.26 Å². The molecule has 1 aliphatic carbocycles. The molecule has 3 heteroatoms. The molecule has 0 spiro atoms. The third kappa shape index (κ3) is 4.37. The summed E-state index contributed by atoms with van der Waals surface area (Å²) in [6.45, 7) is 2.09. The summed E-state index contributed by atoms with van der Waals surface area (Å²) in [4.78, 5) is 11.2. The SMILES string of the molecule is CCC/C=C/C=C(/C(=O)O)C1CCC(C#N)CC1. The molecule has 18 heavy (non-hydrogen) atoms. The molecule has 0 aliphatic heterocycles. The smallest absolute Gasteiger partial charge is 0.331 e. The molecule has 0 atom stereocenters. The number of nitrogens with zero attached hydrogens (tertiary/aromatic N) is 1. The van der Waals surface area contributed by atoms with Gasteiger partial charge in [0.25, 0.3) is 0 Å². The molecule has 0 aromatic heterocycles. The van der Waals surface area contributed by atoms with E-state index in [4.69, 9.17) is 5.26 Å². The van der Waals surface area contributed by atoms with Crippen molar-refractivity contribution in [2.24, 2.45) is 11.8 Å². The maximum Gasteiger partial charge on any atom is 0.331 e. The van der Waals surface area contributed by atoms with Crippen molar-refractivity contribution >= 4 is 5.97 Å². The minimum Gasteiger partial charge on any atom is -0.478 e. The van der Waals surface area contributed by atoms with Crippen molar-refractivity contribution < 1.29 is 9.90 Å². The van der Waals surface area contributed by atoms with Gasteiger partial charge in [0.1, 0.15) is 0 Å². The molecule has 1 N–H and O–H groups in total. The number of unbranched alkanes of at least 4 members (excludes halogenated alkanes) is 1. The van der Waals surface area contributed by atoms with Gasteiger partial charge in [0, 0.05) is 11.5 Å². The van der Waals surface area contributed by atoms with Crippen LogP contribution in [0.5, 0.6) is 0 Å². The van der Waals surface area contributed by atoms with Crippen LogP contribution in [0.3, 0.4) is 0 Å². The Morgan fingerprint density at radius 2 is 2.06 bits per heavy atom. The van der Waals surface area contributed by atoms with Gasteiger partial charge in [-0.1, -0.05) is 31.6 Å². The summed E-state index contributed by atoms with van der Waals surface area (Å²) in [6, 6.07) is 2.27. The predicted octanol–water partition coefficient (Wildman–Crippen LogP) is 3.68. The molecular weight excluding hydrogens is 226 g/mol. The summed E-state index contributed by atoms with van der Waals surface area (Å²) in [7, 11) is 0. The van der Waals surface area contributed by atoms with Crippen LogP contribution < -0.4 is 0 Å². The zero-order valence-corrected chi connectivity index (χ0v) is 10.9. The Morgan fingerprint density at radius 3 is 2.56 bits per heavy atom. The maximum atomic E-state index is 11.2. The van der Waals surface area contributed by atoms with E-state index in [2.05, 4.69) is 13.0 Å². The fourth-order valence-corrected chi connectivity index (χ4v) is 2.35. The number of rotatable bonds is 5. The highest BCUT2D eigenvalue weighted by molar-refractivity contribution is 5.87. The fraction of sp³-hybridized carbons (Fsp3) is 0.600. The topological polar surface area (TPSA) is 61.1 Å². The molecule has 0 heterocycles. The van der Waals surface area contributed by atoms with E-state index in [1.807, 2.05) is 12.2 Å². The number of carbonyl (C=O) groups is 1. The molecule has 1 fully saturated rings. The minimum atomic E-state index is -0.823. The van der Waals surface area contributed by atoms with E-state index in [1.165, 1.54) is 0 Å². The second kappa shape index (κ2) is 7.71. The first-order chi connectivity index (χ1) is 8.69. The summed E-state index contributed by atoms with van der Waals surface area (Å²) in [5.41, 5.74) is 0.499. The molecule has 0 amide bonds. The number of hydrogen-bond donors (Lipinski definition) is 1. The molecule has 0 unspecified atom stereocenters. The van der Waals surface area contributed by atoms with Gasteiger partial charge in [-0.25, -0.2) is 4.79 Å². The summed E-state index contributed by atoms with van der Waals surface area (Å²) < 4.78 is 0. The van der Waals surface area contributed by atoms with Gasteiger partial charge in [-0.05, 0) is 38.0 Å².